The zero-order valence-electron chi connectivity index (χ0n) is 17.5. The van der Waals surface area contributed by atoms with Crippen LogP contribution in [0.1, 0.15) is 79.1 Å². The normalized spacial score (nSPS) is 16.0. The molecule has 0 saturated heterocycles. The summed E-state index contributed by atoms with van der Waals surface area (Å²) >= 11 is 0. The average Bonchev–Trinajstić information content (AvgIpc) is 2.51. The van der Waals surface area contributed by atoms with Crippen molar-refractivity contribution in [1.82, 2.24) is 0 Å². The van der Waals surface area contributed by atoms with E-state index in [9.17, 15) is 14.7 Å². The monoisotopic (exact) mass is 378 g/mol. The minimum Gasteiger partial charge on any atom is -0.478 e. The molecule has 4 nitrogen and oxygen atoms in total. The fourth-order valence-corrected chi connectivity index (χ4v) is 3.13. The summed E-state index contributed by atoms with van der Waals surface area (Å²) in [7, 11) is 0. The molecule has 3 unspecified atom stereocenters. The molecule has 2 N–H and O–H groups in total. The van der Waals surface area contributed by atoms with Gasteiger partial charge in [-0.25, -0.2) is 4.79 Å². The molecular weight excluding hydrogens is 340 g/mol. The van der Waals surface area contributed by atoms with Crippen molar-refractivity contribution in [3.05, 3.63) is 36.0 Å². The molecule has 0 aromatic carbocycles. The topological polar surface area (TPSA) is 74.6 Å². The van der Waals surface area contributed by atoms with Gasteiger partial charge >= 0.3 is 5.97 Å². The Hall–Kier alpha value is -1.68. The third-order valence-electron chi connectivity index (χ3n) is 4.38. The third kappa shape index (κ3) is 17.5. The number of hydrogen-bond acceptors (Lipinski definition) is 3. The number of carbonyl (C=O) groups excluding carboxylic acids is 1. The SMILES string of the molecule is C/C(=C\C(=O)O)CC(C)CCCC/C=C/C=C/CC(C)CC(=O)CC(C)O. The fraction of sp³-hybridized carbons (Fsp3) is 0.652. The predicted molar refractivity (Wildman–Crippen MR) is 112 cm³/mol. The standard InChI is InChI=1S/C23H38O4/c1-18(14-20(3)16-23(26)27)12-10-8-6-5-7-9-11-13-19(2)15-22(25)17-21(4)24/h5,7,9,11,16,18-19,21,24H,6,8,10,12-15,17H2,1-4H3,(H,26,27)/b7-5+,11-9+,20-16+. The molecule has 0 saturated carbocycles. The van der Waals surface area contributed by atoms with Crippen LogP contribution in [0.5, 0.6) is 0 Å². The Labute approximate surface area is 165 Å². The third-order valence-corrected chi connectivity index (χ3v) is 4.38. The van der Waals surface area contributed by atoms with Gasteiger partial charge in [0.2, 0.25) is 0 Å². The van der Waals surface area contributed by atoms with Crippen LogP contribution >= 0.6 is 0 Å². The molecule has 0 rings (SSSR count). The lowest BCUT2D eigenvalue weighted by Crippen LogP contribution is -2.12. The van der Waals surface area contributed by atoms with Crippen LogP contribution in [0, 0.1) is 11.8 Å². The first-order valence-electron chi connectivity index (χ1n) is 10.1. The fourth-order valence-electron chi connectivity index (χ4n) is 3.13. The molecule has 0 aliphatic heterocycles. The molecule has 0 aromatic heterocycles. The van der Waals surface area contributed by atoms with Gasteiger partial charge in [0, 0.05) is 18.9 Å². The summed E-state index contributed by atoms with van der Waals surface area (Å²) in [4.78, 5) is 22.2. The summed E-state index contributed by atoms with van der Waals surface area (Å²) in [5.41, 5.74) is 0.932. The van der Waals surface area contributed by atoms with Gasteiger partial charge < -0.3 is 10.2 Å². The predicted octanol–water partition coefficient (Wildman–Crippen LogP) is 5.47. The van der Waals surface area contributed by atoms with Crippen molar-refractivity contribution in [2.45, 2.75) is 85.2 Å². The average molecular weight is 379 g/mol. The summed E-state index contributed by atoms with van der Waals surface area (Å²) in [6.07, 6.45) is 16.1. The molecule has 0 aliphatic rings. The lowest BCUT2D eigenvalue weighted by atomic mass is 9.96. The molecule has 4 heteroatoms. The van der Waals surface area contributed by atoms with Gasteiger partial charge in [-0.1, -0.05) is 56.6 Å². The molecule has 0 radical (unpaired) electrons. The van der Waals surface area contributed by atoms with E-state index in [1.54, 1.807) is 6.92 Å². The Bertz CT molecular complexity index is 514. The van der Waals surface area contributed by atoms with Gasteiger partial charge in [0.25, 0.3) is 0 Å². The van der Waals surface area contributed by atoms with E-state index in [2.05, 4.69) is 32.1 Å². The van der Waals surface area contributed by atoms with Gasteiger partial charge in [-0.05, 0) is 51.4 Å². The van der Waals surface area contributed by atoms with Crippen LogP contribution in [0.4, 0.5) is 0 Å². The van der Waals surface area contributed by atoms with E-state index >= 15 is 0 Å². The molecule has 0 amide bonds. The number of unbranched alkanes of at least 4 members (excludes halogenated alkanes) is 2. The first-order valence-corrected chi connectivity index (χ1v) is 10.1. The van der Waals surface area contributed by atoms with Crippen molar-refractivity contribution in [1.29, 1.82) is 0 Å². The zero-order chi connectivity index (χ0) is 20.7. The van der Waals surface area contributed by atoms with Gasteiger partial charge in [-0.15, -0.1) is 0 Å². The maximum atomic E-state index is 11.6. The lowest BCUT2D eigenvalue weighted by molar-refractivity contribution is -0.131. The first kappa shape index (κ1) is 25.3. The second-order valence-electron chi connectivity index (χ2n) is 7.92. The van der Waals surface area contributed by atoms with Crippen molar-refractivity contribution >= 4 is 11.8 Å². The van der Waals surface area contributed by atoms with Crippen LogP contribution in [-0.2, 0) is 9.59 Å². The highest BCUT2D eigenvalue weighted by Gasteiger charge is 2.10. The van der Waals surface area contributed by atoms with E-state index in [1.165, 1.54) is 6.08 Å². The molecule has 0 aliphatic carbocycles. The molecular formula is C23H38O4. The summed E-state index contributed by atoms with van der Waals surface area (Å²) in [6.45, 7) is 7.75. The van der Waals surface area contributed by atoms with Crippen LogP contribution in [0.3, 0.4) is 0 Å². The number of carboxylic acid groups (broad SMARTS) is 1. The number of carboxylic acids is 1. The quantitative estimate of drug-likeness (QED) is 0.225. The molecule has 0 spiro atoms. The van der Waals surface area contributed by atoms with E-state index in [0.717, 1.165) is 44.1 Å². The van der Waals surface area contributed by atoms with Crippen LogP contribution < -0.4 is 0 Å². The van der Waals surface area contributed by atoms with E-state index in [4.69, 9.17) is 5.11 Å². The lowest BCUT2D eigenvalue weighted by Gasteiger charge is -2.10. The molecule has 0 heterocycles. The van der Waals surface area contributed by atoms with E-state index in [1.807, 2.05) is 13.0 Å². The van der Waals surface area contributed by atoms with Gasteiger partial charge in [-0.3, -0.25) is 4.79 Å². The number of ketones is 1. The first-order chi connectivity index (χ1) is 12.7. The Kier molecular flexibility index (Phi) is 14.4. The molecule has 154 valence electrons. The number of rotatable bonds is 15. The van der Waals surface area contributed by atoms with Gasteiger partial charge in [0.05, 0.1) is 6.10 Å². The number of aliphatic hydroxyl groups is 1. The number of aliphatic carboxylic acids is 1. The molecule has 3 atom stereocenters. The number of carbonyl (C=O) groups is 2. The Balaban J connectivity index is 3.78. The van der Waals surface area contributed by atoms with Gasteiger partial charge in [0.15, 0.2) is 0 Å². The van der Waals surface area contributed by atoms with Gasteiger partial charge in [-0.2, -0.15) is 0 Å². The number of aliphatic hydroxyl groups excluding tert-OH is 1. The summed E-state index contributed by atoms with van der Waals surface area (Å²) in [5, 5.41) is 17.9. The van der Waals surface area contributed by atoms with Gasteiger partial charge in [0.1, 0.15) is 5.78 Å². The van der Waals surface area contributed by atoms with E-state index in [0.29, 0.717) is 18.3 Å². The highest BCUT2D eigenvalue weighted by atomic mass is 16.4. The highest BCUT2D eigenvalue weighted by molar-refractivity contribution is 5.80. The highest BCUT2D eigenvalue weighted by Crippen LogP contribution is 2.18. The number of hydrogen-bond donors (Lipinski definition) is 2. The van der Waals surface area contributed by atoms with Crippen molar-refractivity contribution in [3.8, 4) is 0 Å². The van der Waals surface area contributed by atoms with Crippen molar-refractivity contribution < 1.29 is 19.8 Å². The van der Waals surface area contributed by atoms with Crippen LogP contribution in [0.2, 0.25) is 0 Å². The van der Waals surface area contributed by atoms with Crippen molar-refractivity contribution in [2.75, 3.05) is 0 Å². The largest absolute Gasteiger partial charge is 0.478 e. The van der Waals surface area contributed by atoms with Crippen molar-refractivity contribution in [3.63, 3.8) is 0 Å². The summed E-state index contributed by atoms with van der Waals surface area (Å²) < 4.78 is 0. The Morgan fingerprint density at radius 1 is 0.926 bits per heavy atom. The van der Waals surface area contributed by atoms with Crippen LogP contribution in [-0.4, -0.2) is 28.1 Å². The smallest absolute Gasteiger partial charge is 0.328 e. The minimum atomic E-state index is -0.862. The zero-order valence-corrected chi connectivity index (χ0v) is 17.5. The van der Waals surface area contributed by atoms with E-state index in [-0.39, 0.29) is 12.2 Å². The summed E-state index contributed by atoms with van der Waals surface area (Å²) in [5.74, 6) is 0.0893. The number of allylic oxidation sites excluding steroid dienone is 5. The minimum absolute atomic E-state index is 0.129. The Morgan fingerprint density at radius 2 is 1.59 bits per heavy atom. The molecule has 0 fully saturated rings. The van der Waals surface area contributed by atoms with Crippen LogP contribution in [0.15, 0.2) is 36.0 Å². The maximum Gasteiger partial charge on any atom is 0.328 e. The molecule has 0 bridgehead atoms. The number of Topliss-reactive ketones (excluding diaryl/α,β-unsaturated/α-hetero) is 1. The molecule has 0 aromatic rings. The van der Waals surface area contributed by atoms with Crippen molar-refractivity contribution in [2.24, 2.45) is 11.8 Å². The maximum absolute atomic E-state index is 11.6. The second kappa shape index (κ2) is 15.4. The Morgan fingerprint density at radius 3 is 2.22 bits per heavy atom. The van der Waals surface area contributed by atoms with E-state index < -0.39 is 12.1 Å². The second-order valence-corrected chi connectivity index (χ2v) is 7.92. The van der Waals surface area contributed by atoms with Crippen LogP contribution in [0.25, 0.3) is 0 Å². The summed E-state index contributed by atoms with van der Waals surface area (Å²) in [6, 6.07) is 0. The molecule has 27 heavy (non-hydrogen) atoms.